The maximum absolute atomic E-state index is 9.44. The second kappa shape index (κ2) is 6.02. The summed E-state index contributed by atoms with van der Waals surface area (Å²) in [7, 11) is 0. The van der Waals surface area contributed by atoms with Crippen molar-refractivity contribution < 1.29 is 5.11 Å². The molecule has 0 atom stereocenters. The summed E-state index contributed by atoms with van der Waals surface area (Å²) in [6, 6.07) is 10.9. The summed E-state index contributed by atoms with van der Waals surface area (Å²) in [5, 5.41) is 22.8. The number of rotatable bonds is 4. The first-order chi connectivity index (χ1) is 10.2. The van der Waals surface area contributed by atoms with E-state index in [1.54, 1.807) is 40.4 Å². The predicted molar refractivity (Wildman–Crippen MR) is 85.6 cm³/mol. The molecule has 0 unspecified atom stereocenters. The van der Waals surface area contributed by atoms with E-state index >= 15 is 0 Å². The van der Waals surface area contributed by atoms with E-state index in [1.807, 2.05) is 23.6 Å². The number of phenols is 1. The van der Waals surface area contributed by atoms with Gasteiger partial charge in [0.05, 0.1) is 6.21 Å². The molecule has 0 aliphatic carbocycles. The van der Waals surface area contributed by atoms with E-state index < -0.39 is 0 Å². The normalized spacial score (nSPS) is 11.2. The van der Waals surface area contributed by atoms with Crippen molar-refractivity contribution in [3.63, 3.8) is 0 Å². The van der Waals surface area contributed by atoms with Crippen molar-refractivity contribution in [2.24, 2.45) is 5.10 Å². The van der Waals surface area contributed by atoms with E-state index in [0.717, 1.165) is 11.4 Å². The predicted octanol–water partition coefficient (Wildman–Crippen LogP) is 3.18. The molecule has 0 saturated carbocycles. The Morgan fingerprint density at radius 2 is 2.29 bits per heavy atom. The number of aromatic nitrogens is 3. The number of aromatic hydroxyl groups is 1. The van der Waals surface area contributed by atoms with Gasteiger partial charge in [-0.2, -0.15) is 14.9 Å². The third-order valence-electron chi connectivity index (χ3n) is 2.82. The van der Waals surface area contributed by atoms with E-state index in [9.17, 15) is 5.11 Å². The van der Waals surface area contributed by atoms with Crippen LogP contribution in [0.4, 0.5) is 0 Å². The van der Waals surface area contributed by atoms with Gasteiger partial charge >= 0.3 is 0 Å². The molecule has 0 saturated heterocycles. The molecule has 5 nitrogen and oxygen atoms in total. The lowest BCUT2D eigenvalue weighted by molar-refractivity contribution is 0.475. The molecule has 2 N–H and O–H groups in total. The maximum atomic E-state index is 9.44. The van der Waals surface area contributed by atoms with Crippen molar-refractivity contribution in [1.29, 1.82) is 0 Å². The highest BCUT2D eigenvalue weighted by Crippen LogP contribution is 2.14. The Kier molecular flexibility index (Phi) is 3.94. The van der Waals surface area contributed by atoms with Crippen LogP contribution in [0.1, 0.15) is 16.3 Å². The first-order valence-electron chi connectivity index (χ1n) is 6.24. The Balaban J connectivity index is 1.88. The van der Waals surface area contributed by atoms with E-state index in [1.165, 1.54) is 4.88 Å². The molecule has 0 bridgehead atoms. The van der Waals surface area contributed by atoms with Gasteiger partial charge in [-0.3, -0.25) is 5.10 Å². The van der Waals surface area contributed by atoms with Crippen molar-refractivity contribution in [1.82, 2.24) is 14.9 Å². The topological polar surface area (TPSA) is 66.2 Å². The van der Waals surface area contributed by atoms with Crippen molar-refractivity contribution >= 4 is 29.8 Å². The van der Waals surface area contributed by atoms with Crippen LogP contribution >= 0.6 is 23.6 Å². The first kappa shape index (κ1) is 13.7. The lowest BCUT2D eigenvalue weighted by Crippen LogP contribution is -1.99. The van der Waals surface area contributed by atoms with E-state index in [2.05, 4.69) is 15.3 Å². The van der Waals surface area contributed by atoms with Gasteiger partial charge < -0.3 is 5.11 Å². The van der Waals surface area contributed by atoms with Crippen LogP contribution in [-0.2, 0) is 6.42 Å². The fourth-order valence-electron chi connectivity index (χ4n) is 1.86. The average molecular weight is 316 g/mol. The largest absolute Gasteiger partial charge is 0.508 e. The molecule has 0 aliphatic rings. The number of benzene rings is 1. The van der Waals surface area contributed by atoms with Crippen molar-refractivity contribution in [2.45, 2.75) is 6.42 Å². The van der Waals surface area contributed by atoms with Gasteiger partial charge in [-0.25, -0.2) is 0 Å². The molecule has 3 rings (SSSR count). The molecule has 1 aromatic carbocycles. The zero-order valence-corrected chi connectivity index (χ0v) is 12.6. The molecule has 2 aromatic heterocycles. The van der Waals surface area contributed by atoms with Crippen LogP contribution in [0.3, 0.4) is 0 Å². The molecule has 2 heterocycles. The summed E-state index contributed by atoms with van der Waals surface area (Å²) >= 11 is 6.86. The molecule has 21 heavy (non-hydrogen) atoms. The second-order valence-electron chi connectivity index (χ2n) is 4.35. The quantitative estimate of drug-likeness (QED) is 0.574. The third-order valence-corrected chi connectivity index (χ3v) is 3.96. The number of H-pyrrole nitrogens is 1. The van der Waals surface area contributed by atoms with Gasteiger partial charge in [-0.05, 0) is 41.4 Å². The fraction of sp³-hybridized carbons (Fsp3) is 0.0714. The number of nitrogens with zero attached hydrogens (tertiary/aromatic N) is 3. The third kappa shape index (κ3) is 3.26. The van der Waals surface area contributed by atoms with Gasteiger partial charge in [0.1, 0.15) is 5.75 Å². The van der Waals surface area contributed by atoms with Crippen molar-refractivity contribution in [3.8, 4) is 5.75 Å². The standard InChI is InChI=1S/C14H12N4OS2/c19-11-4-1-3-10(7-11)9-15-18-13(16-17-14(18)20)8-12-5-2-6-21-12/h1-7,9,19H,8H2,(H,17,20)/b15-9-. The SMILES string of the molecule is Oc1cccc(/C=N\n2c(Cc3cccs3)n[nH]c2=S)c1. The Hall–Kier alpha value is -2.25. The lowest BCUT2D eigenvalue weighted by atomic mass is 10.2. The number of nitrogens with one attached hydrogen (secondary N) is 1. The molecule has 0 spiro atoms. The second-order valence-corrected chi connectivity index (χ2v) is 5.77. The molecule has 0 amide bonds. The summed E-state index contributed by atoms with van der Waals surface area (Å²) in [5.41, 5.74) is 0.792. The lowest BCUT2D eigenvalue weighted by Gasteiger charge is -1.99. The maximum Gasteiger partial charge on any atom is 0.216 e. The molecule has 106 valence electrons. The molecule has 3 aromatic rings. The summed E-state index contributed by atoms with van der Waals surface area (Å²) in [4.78, 5) is 1.19. The van der Waals surface area contributed by atoms with Crippen LogP contribution in [0.2, 0.25) is 0 Å². The first-order valence-corrected chi connectivity index (χ1v) is 7.53. The zero-order chi connectivity index (χ0) is 14.7. The summed E-state index contributed by atoms with van der Waals surface area (Å²) in [5.74, 6) is 0.951. The number of hydrogen-bond donors (Lipinski definition) is 2. The van der Waals surface area contributed by atoms with Crippen molar-refractivity contribution in [2.75, 3.05) is 0 Å². The minimum absolute atomic E-state index is 0.202. The average Bonchev–Trinajstić information content (AvgIpc) is 3.08. The zero-order valence-electron chi connectivity index (χ0n) is 10.9. The van der Waals surface area contributed by atoms with Crippen LogP contribution in [-0.4, -0.2) is 26.2 Å². The molecule has 0 radical (unpaired) electrons. The highest BCUT2D eigenvalue weighted by Gasteiger charge is 2.06. The summed E-state index contributed by atoms with van der Waals surface area (Å²) in [6.07, 6.45) is 2.31. The molecular weight excluding hydrogens is 304 g/mol. The highest BCUT2D eigenvalue weighted by atomic mass is 32.1. The number of phenolic OH excluding ortho intramolecular Hbond substituents is 1. The number of thiophene rings is 1. The van der Waals surface area contributed by atoms with Crippen LogP contribution in [0.25, 0.3) is 0 Å². The van der Waals surface area contributed by atoms with Crippen LogP contribution < -0.4 is 0 Å². The number of aromatic amines is 1. The summed E-state index contributed by atoms with van der Waals surface area (Å²) < 4.78 is 2.04. The van der Waals surface area contributed by atoms with Gasteiger partial charge in [-0.1, -0.05) is 18.2 Å². The fourth-order valence-corrected chi connectivity index (χ4v) is 2.76. The van der Waals surface area contributed by atoms with E-state index in [4.69, 9.17) is 12.2 Å². The van der Waals surface area contributed by atoms with Gasteiger partial charge in [0.25, 0.3) is 0 Å². The molecule has 0 aliphatic heterocycles. The van der Waals surface area contributed by atoms with Crippen LogP contribution in [0, 0.1) is 4.77 Å². The van der Waals surface area contributed by atoms with Crippen molar-refractivity contribution in [3.05, 3.63) is 62.8 Å². The Labute approximate surface area is 130 Å². The molecule has 7 heteroatoms. The van der Waals surface area contributed by atoms with Crippen LogP contribution in [0.5, 0.6) is 5.75 Å². The minimum Gasteiger partial charge on any atom is -0.508 e. The molecular formula is C14H12N4OS2. The van der Waals surface area contributed by atoms with Gasteiger partial charge in [0.15, 0.2) is 5.82 Å². The highest BCUT2D eigenvalue weighted by molar-refractivity contribution is 7.71. The monoisotopic (exact) mass is 316 g/mol. The summed E-state index contributed by atoms with van der Waals surface area (Å²) in [6.45, 7) is 0. The Morgan fingerprint density at radius 1 is 1.38 bits per heavy atom. The minimum atomic E-state index is 0.202. The van der Waals surface area contributed by atoms with Gasteiger partial charge in [0, 0.05) is 11.3 Å². The Morgan fingerprint density at radius 3 is 3.05 bits per heavy atom. The molecule has 0 fully saturated rings. The van der Waals surface area contributed by atoms with E-state index in [-0.39, 0.29) is 5.75 Å². The number of hydrogen-bond acceptors (Lipinski definition) is 5. The van der Waals surface area contributed by atoms with Gasteiger partial charge in [-0.15, -0.1) is 11.3 Å². The van der Waals surface area contributed by atoms with Crippen LogP contribution in [0.15, 0.2) is 46.9 Å². The van der Waals surface area contributed by atoms with E-state index in [0.29, 0.717) is 11.2 Å². The smallest absolute Gasteiger partial charge is 0.216 e. The van der Waals surface area contributed by atoms with Gasteiger partial charge in [0.2, 0.25) is 4.77 Å². The Bertz CT molecular complexity index is 818.